The second-order valence-electron chi connectivity index (χ2n) is 5.82. The Balaban J connectivity index is 1.75. The molecule has 0 radical (unpaired) electrons. The number of aromatic nitrogens is 4. The topological polar surface area (TPSA) is 88.0 Å². The van der Waals surface area contributed by atoms with Crippen LogP contribution >= 0.6 is 0 Å². The molecule has 0 aliphatic carbocycles. The Labute approximate surface area is 149 Å². The van der Waals surface area contributed by atoms with Crippen LogP contribution in [0.4, 0.5) is 5.82 Å². The van der Waals surface area contributed by atoms with Gasteiger partial charge in [0.1, 0.15) is 11.6 Å². The van der Waals surface area contributed by atoms with Gasteiger partial charge in [0.15, 0.2) is 5.78 Å². The first-order valence-electron chi connectivity index (χ1n) is 8.10. The average molecular weight is 347 g/mol. The molecule has 7 nitrogen and oxygen atoms in total. The van der Waals surface area contributed by atoms with Gasteiger partial charge in [-0.15, -0.1) is 5.10 Å². The molecule has 130 valence electrons. The second-order valence-corrected chi connectivity index (χ2v) is 5.82. The Bertz CT molecular complexity index is 1080. The summed E-state index contributed by atoms with van der Waals surface area (Å²) in [4.78, 5) is 17.4. The standard InChI is InChI=1S/C19H17N5O2/c1-26-14-8-6-13(7-9-14)17(25)12-23-16-5-3-2-4-15(16)21-19(23)24-11-10-18(20)22-24/h2-11H,12H2,1H3,(H2,20,22). The third kappa shape index (κ3) is 2.79. The van der Waals surface area contributed by atoms with Crippen LogP contribution in [0.25, 0.3) is 17.0 Å². The fourth-order valence-electron chi connectivity index (χ4n) is 2.85. The summed E-state index contributed by atoms with van der Waals surface area (Å²) in [5.74, 6) is 1.62. The van der Waals surface area contributed by atoms with Crippen LogP contribution in [-0.4, -0.2) is 32.2 Å². The van der Waals surface area contributed by atoms with Crippen LogP contribution in [0.3, 0.4) is 0 Å². The van der Waals surface area contributed by atoms with E-state index in [1.165, 1.54) is 0 Å². The lowest BCUT2D eigenvalue weighted by Gasteiger charge is -2.09. The molecule has 2 N–H and O–H groups in total. The van der Waals surface area contributed by atoms with E-state index in [1.807, 2.05) is 28.8 Å². The van der Waals surface area contributed by atoms with Crippen molar-refractivity contribution in [1.29, 1.82) is 0 Å². The van der Waals surface area contributed by atoms with Gasteiger partial charge in [0.25, 0.3) is 0 Å². The minimum Gasteiger partial charge on any atom is -0.497 e. The normalized spacial score (nSPS) is 11.0. The van der Waals surface area contributed by atoms with E-state index in [-0.39, 0.29) is 12.3 Å². The number of benzene rings is 2. The van der Waals surface area contributed by atoms with Crippen LogP contribution in [0.2, 0.25) is 0 Å². The summed E-state index contributed by atoms with van der Waals surface area (Å²) in [7, 11) is 1.59. The van der Waals surface area contributed by atoms with Crippen LogP contribution < -0.4 is 10.5 Å². The zero-order chi connectivity index (χ0) is 18.1. The van der Waals surface area contributed by atoms with Gasteiger partial charge in [-0.05, 0) is 36.4 Å². The first kappa shape index (κ1) is 15.9. The van der Waals surface area contributed by atoms with Crippen molar-refractivity contribution < 1.29 is 9.53 Å². The fourth-order valence-corrected chi connectivity index (χ4v) is 2.85. The molecule has 0 bridgehead atoms. The fraction of sp³-hybridized carbons (Fsp3) is 0.105. The minimum atomic E-state index is -0.0304. The zero-order valence-corrected chi connectivity index (χ0v) is 14.2. The number of para-hydroxylation sites is 2. The summed E-state index contributed by atoms with van der Waals surface area (Å²) in [6.07, 6.45) is 1.73. The third-order valence-electron chi connectivity index (χ3n) is 4.16. The Kier molecular flexibility index (Phi) is 3.89. The lowest BCUT2D eigenvalue weighted by molar-refractivity contribution is 0.0973. The maximum atomic E-state index is 12.8. The molecule has 26 heavy (non-hydrogen) atoms. The van der Waals surface area contributed by atoms with Gasteiger partial charge in [-0.3, -0.25) is 4.79 Å². The molecule has 0 fully saturated rings. The van der Waals surface area contributed by atoms with Crippen LogP contribution in [0.15, 0.2) is 60.8 Å². The molecular formula is C19H17N5O2. The lowest BCUT2D eigenvalue weighted by atomic mass is 10.1. The highest BCUT2D eigenvalue weighted by Crippen LogP contribution is 2.20. The lowest BCUT2D eigenvalue weighted by Crippen LogP contribution is -2.15. The monoisotopic (exact) mass is 347 g/mol. The summed E-state index contributed by atoms with van der Waals surface area (Å²) < 4.78 is 8.56. The third-order valence-corrected chi connectivity index (χ3v) is 4.16. The second kappa shape index (κ2) is 6.36. The van der Waals surface area contributed by atoms with Crippen LogP contribution in [0, 0.1) is 0 Å². The summed E-state index contributed by atoms with van der Waals surface area (Å²) >= 11 is 0. The van der Waals surface area contributed by atoms with E-state index in [4.69, 9.17) is 10.5 Å². The van der Waals surface area contributed by atoms with Crippen molar-refractivity contribution in [3.05, 3.63) is 66.4 Å². The number of imidazole rings is 1. The molecule has 0 unspecified atom stereocenters. The van der Waals surface area contributed by atoms with Crippen molar-refractivity contribution in [3.8, 4) is 11.7 Å². The van der Waals surface area contributed by atoms with Crippen molar-refractivity contribution in [2.45, 2.75) is 6.54 Å². The average Bonchev–Trinajstić information content (AvgIpc) is 3.25. The number of hydrogen-bond donors (Lipinski definition) is 1. The largest absolute Gasteiger partial charge is 0.497 e. The van der Waals surface area contributed by atoms with Gasteiger partial charge in [0.2, 0.25) is 5.95 Å². The molecule has 0 atom stereocenters. The minimum absolute atomic E-state index is 0.0304. The van der Waals surface area contributed by atoms with Gasteiger partial charge in [-0.2, -0.15) is 0 Å². The highest BCUT2D eigenvalue weighted by molar-refractivity contribution is 5.97. The van der Waals surface area contributed by atoms with Gasteiger partial charge in [-0.25, -0.2) is 9.67 Å². The smallest absolute Gasteiger partial charge is 0.232 e. The highest BCUT2D eigenvalue weighted by atomic mass is 16.5. The number of carbonyl (C=O) groups is 1. The number of nitrogens with two attached hydrogens (primary N) is 1. The van der Waals surface area contributed by atoms with E-state index in [1.54, 1.807) is 48.3 Å². The van der Waals surface area contributed by atoms with Gasteiger partial charge in [-0.1, -0.05) is 12.1 Å². The number of methoxy groups -OCH3 is 1. The van der Waals surface area contributed by atoms with Crippen molar-refractivity contribution in [2.24, 2.45) is 0 Å². The molecule has 0 aliphatic rings. The number of anilines is 1. The summed E-state index contributed by atoms with van der Waals surface area (Å²) in [5, 5.41) is 4.22. The molecule has 0 amide bonds. The predicted molar refractivity (Wildman–Crippen MR) is 98.6 cm³/mol. The molecule has 4 aromatic rings. The number of hydrogen-bond acceptors (Lipinski definition) is 5. The van der Waals surface area contributed by atoms with E-state index in [9.17, 15) is 4.79 Å². The zero-order valence-electron chi connectivity index (χ0n) is 14.2. The SMILES string of the molecule is COc1ccc(C(=O)Cn2c(-n3ccc(N)n3)nc3ccccc32)cc1. The quantitative estimate of drug-likeness (QED) is 0.561. The molecule has 0 spiro atoms. The number of ether oxygens (including phenoxy) is 1. The van der Waals surface area contributed by atoms with E-state index in [0.29, 0.717) is 23.1 Å². The van der Waals surface area contributed by atoms with Gasteiger partial charge < -0.3 is 15.0 Å². The van der Waals surface area contributed by atoms with E-state index in [0.717, 1.165) is 11.0 Å². The number of ketones is 1. The summed E-state index contributed by atoms with van der Waals surface area (Å²) in [6, 6.07) is 16.4. The molecule has 2 aromatic heterocycles. The molecule has 0 saturated carbocycles. The predicted octanol–water partition coefficient (Wildman–Crippen LogP) is 2.70. The molecule has 7 heteroatoms. The van der Waals surface area contributed by atoms with E-state index in [2.05, 4.69) is 10.1 Å². The molecular weight excluding hydrogens is 330 g/mol. The van der Waals surface area contributed by atoms with Crippen molar-refractivity contribution in [3.63, 3.8) is 0 Å². The first-order chi connectivity index (χ1) is 12.7. The number of rotatable bonds is 5. The van der Waals surface area contributed by atoms with Gasteiger partial charge >= 0.3 is 0 Å². The molecule has 4 rings (SSSR count). The van der Waals surface area contributed by atoms with Crippen LogP contribution in [0.1, 0.15) is 10.4 Å². The number of fused-ring (bicyclic) bond motifs is 1. The molecule has 2 heterocycles. The Morgan fingerprint density at radius 3 is 2.58 bits per heavy atom. The number of Topliss-reactive ketones (excluding diaryl/α,β-unsaturated/α-hetero) is 1. The molecule has 2 aromatic carbocycles. The summed E-state index contributed by atoms with van der Waals surface area (Å²) in [5.41, 5.74) is 7.99. The number of nitrogen functional groups attached to an aromatic ring is 1. The van der Waals surface area contributed by atoms with Gasteiger partial charge in [0, 0.05) is 17.8 Å². The van der Waals surface area contributed by atoms with E-state index >= 15 is 0 Å². The Morgan fingerprint density at radius 2 is 1.88 bits per heavy atom. The molecule has 0 aliphatic heterocycles. The van der Waals surface area contributed by atoms with Crippen LogP contribution in [-0.2, 0) is 6.54 Å². The van der Waals surface area contributed by atoms with Crippen LogP contribution in [0.5, 0.6) is 5.75 Å². The Morgan fingerprint density at radius 1 is 1.12 bits per heavy atom. The van der Waals surface area contributed by atoms with Crippen molar-refractivity contribution >= 4 is 22.6 Å². The summed E-state index contributed by atoms with van der Waals surface area (Å²) in [6.45, 7) is 0.141. The van der Waals surface area contributed by atoms with Crippen molar-refractivity contribution in [1.82, 2.24) is 19.3 Å². The number of nitrogens with zero attached hydrogens (tertiary/aromatic N) is 4. The Hall–Kier alpha value is -3.61. The van der Waals surface area contributed by atoms with Crippen molar-refractivity contribution in [2.75, 3.05) is 12.8 Å². The first-order valence-corrected chi connectivity index (χ1v) is 8.10. The number of carbonyl (C=O) groups excluding carboxylic acids is 1. The molecule has 0 saturated heterocycles. The maximum absolute atomic E-state index is 12.8. The maximum Gasteiger partial charge on any atom is 0.232 e. The highest BCUT2D eigenvalue weighted by Gasteiger charge is 2.16. The van der Waals surface area contributed by atoms with Gasteiger partial charge in [0.05, 0.1) is 24.7 Å². The van der Waals surface area contributed by atoms with E-state index < -0.39 is 0 Å².